The van der Waals surface area contributed by atoms with Crippen LogP contribution in [0, 0.1) is 6.92 Å². The molecule has 1 aliphatic carbocycles. The maximum absolute atomic E-state index is 5.73. The summed E-state index contributed by atoms with van der Waals surface area (Å²) in [4.78, 5) is 0. The summed E-state index contributed by atoms with van der Waals surface area (Å²) in [5, 5.41) is 4.02. The summed E-state index contributed by atoms with van der Waals surface area (Å²) in [6.07, 6.45) is 2.58. The Hall–Kier alpha value is -0.990. The molecule has 0 aromatic heterocycles. The van der Waals surface area contributed by atoms with E-state index in [1.165, 1.54) is 18.4 Å². The normalized spacial score (nSPS) is 14.7. The van der Waals surface area contributed by atoms with Gasteiger partial charge in [0.2, 0.25) is 0 Å². The van der Waals surface area contributed by atoms with Gasteiger partial charge in [-0.25, -0.2) is 0 Å². The fraction of sp³-hybridized carbons (Fsp3) is 0.429. The van der Waals surface area contributed by atoms with E-state index in [0.29, 0.717) is 17.7 Å². The Labute approximate surface area is 108 Å². The van der Waals surface area contributed by atoms with Gasteiger partial charge in [-0.15, -0.1) is 0 Å². The molecule has 2 nitrogen and oxygen atoms in total. The van der Waals surface area contributed by atoms with Crippen LogP contribution < -0.4 is 10.1 Å². The van der Waals surface area contributed by atoms with E-state index in [0.717, 1.165) is 17.9 Å². The SMILES string of the molecule is C=C(Cl)COc1c(C)cccc1CNC1CC1. The van der Waals surface area contributed by atoms with Gasteiger partial charge in [0, 0.05) is 23.2 Å². The fourth-order valence-electron chi connectivity index (χ4n) is 1.75. The molecule has 1 saturated carbocycles. The molecule has 0 spiro atoms. The van der Waals surface area contributed by atoms with Crippen LogP contribution in [0.15, 0.2) is 29.8 Å². The Balaban J connectivity index is 2.05. The van der Waals surface area contributed by atoms with Gasteiger partial charge in [-0.2, -0.15) is 0 Å². The van der Waals surface area contributed by atoms with Crippen molar-refractivity contribution in [3.05, 3.63) is 40.9 Å². The van der Waals surface area contributed by atoms with Crippen LogP contribution in [0.4, 0.5) is 0 Å². The van der Waals surface area contributed by atoms with Crippen molar-refractivity contribution in [1.29, 1.82) is 0 Å². The molecule has 0 unspecified atom stereocenters. The molecule has 2 rings (SSSR count). The lowest BCUT2D eigenvalue weighted by Crippen LogP contribution is -2.16. The average Bonchev–Trinajstić information content (AvgIpc) is 3.08. The van der Waals surface area contributed by atoms with Gasteiger partial charge in [0.15, 0.2) is 0 Å². The lowest BCUT2D eigenvalue weighted by molar-refractivity contribution is 0.351. The molecule has 0 saturated heterocycles. The minimum Gasteiger partial charge on any atom is -0.487 e. The van der Waals surface area contributed by atoms with Crippen molar-refractivity contribution in [2.45, 2.75) is 32.4 Å². The predicted octanol–water partition coefficient (Wildman–Crippen LogP) is 3.38. The third-order valence-electron chi connectivity index (χ3n) is 2.83. The summed E-state index contributed by atoms with van der Waals surface area (Å²) in [5.74, 6) is 0.933. The van der Waals surface area contributed by atoms with E-state index in [9.17, 15) is 0 Å². The molecular formula is C14H18ClNO. The fourth-order valence-corrected chi connectivity index (χ4v) is 1.81. The second kappa shape index (κ2) is 5.56. The first-order valence-corrected chi connectivity index (χ1v) is 6.32. The van der Waals surface area contributed by atoms with Gasteiger partial charge >= 0.3 is 0 Å². The highest BCUT2D eigenvalue weighted by Gasteiger charge is 2.20. The zero-order valence-corrected chi connectivity index (χ0v) is 10.9. The lowest BCUT2D eigenvalue weighted by Gasteiger charge is -2.14. The molecule has 0 radical (unpaired) electrons. The van der Waals surface area contributed by atoms with Gasteiger partial charge < -0.3 is 10.1 Å². The Morgan fingerprint density at radius 2 is 2.29 bits per heavy atom. The quantitative estimate of drug-likeness (QED) is 0.837. The standard InChI is InChI=1S/C14H18ClNO/c1-10-4-3-5-12(8-16-13-6-7-13)14(10)17-9-11(2)15/h3-5,13,16H,2,6-9H2,1H3. The monoisotopic (exact) mass is 251 g/mol. The number of rotatable bonds is 6. The van der Waals surface area contributed by atoms with Gasteiger partial charge in [0.25, 0.3) is 0 Å². The molecule has 1 aliphatic rings. The van der Waals surface area contributed by atoms with Crippen molar-refractivity contribution in [1.82, 2.24) is 5.32 Å². The number of nitrogens with one attached hydrogen (secondary N) is 1. The molecule has 3 heteroatoms. The van der Waals surface area contributed by atoms with E-state index in [4.69, 9.17) is 16.3 Å². The van der Waals surface area contributed by atoms with Crippen molar-refractivity contribution in [2.75, 3.05) is 6.61 Å². The van der Waals surface area contributed by atoms with Gasteiger partial charge in [-0.05, 0) is 25.3 Å². The van der Waals surface area contributed by atoms with E-state index in [1.807, 2.05) is 13.0 Å². The molecule has 17 heavy (non-hydrogen) atoms. The van der Waals surface area contributed by atoms with Gasteiger partial charge in [-0.3, -0.25) is 0 Å². The molecule has 0 atom stereocenters. The second-order valence-corrected chi connectivity index (χ2v) is 5.06. The largest absolute Gasteiger partial charge is 0.487 e. The van der Waals surface area contributed by atoms with E-state index < -0.39 is 0 Å². The second-order valence-electron chi connectivity index (χ2n) is 4.52. The van der Waals surface area contributed by atoms with Crippen LogP contribution in [0.3, 0.4) is 0 Å². The van der Waals surface area contributed by atoms with Crippen LogP contribution in [0.25, 0.3) is 0 Å². The first kappa shape index (κ1) is 12.5. The highest BCUT2D eigenvalue weighted by molar-refractivity contribution is 6.29. The minimum atomic E-state index is 0.364. The van der Waals surface area contributed by atoms with Crippen LogP contribution >= 0.6 is 11.6 Å². The first-order chi connectivity index (χ1) is 8.16. The zero-order valence-electron chi connectivity index (χ0n) is 10.1. The molecule has 92 valence electrons. The number of halogens is 1. The zero-order chi connectivity index (χ0) is 12.3. The first-order valence-electron chi connectivity index (χ1n) is 5.95. The Kier molecular flexibility index (Phi) is 4.08. The number of benzene rings is 1. The molecule has 1 N–H and O–H groups in total. The van der Waals surface area contributed by atoms with Crippen LogP contribution in [0.1, 0.15) is 24.0 Å². The summed E-state index contributed by atoms with van der Waals surface area (Å²) in [6.45, 7) is 6.91. The molecular weight excluding hydrogens is 234 g/mol. The third kappa shape index (κ3) is 3.76. The van der Waals surface area contributed by atoms with Crippen LogP contribution in [0.5, 0.6) is 5.75 Å². The smallest absolute Gasteiger partial charge is 0.127 e. The van der Waals surface area contributed by atoms with Crippen LogP contribution in [-0.2, 0) is 6.54 Å². The van der Waals surface area contributed by atoms with Crippen molar-refractivity contribution in [3.63, 3.8) is 0 Å². The summed E-state index contributed by atoms with van der Waals surface area (Å²) >= 11 is 5.73. The Morgan fingerprint density at radius 1 is 1.53 bits per heavy atom. The summed E-state index contributed by atoms with van der Waals surface area (Å²) in [6, 6.07) is 6.90. The lowest BCUT2D eigenvalue weighted by atomic mass is 10.1. The van der Waals surface area contributed by atoms with Crippen molar-refractivity contribution >= 4 is 11.6 Å². The summed E-state index contributed by atoms with van der Waals surface area (Å²) in [5.41, 5.74) is 2.33. The molecule has 1 aromatic carbocycles. The average molecular weight is 252 g/mol. The molecule has 0 aliphatic heterocycles. The summed E-state index contributed by atoms with van der Waals surface area (Å²) < 4.78 is 5.71. The van der Waals surface area contributed by atoms with Crippen molar-refractivity contribution in [3.8, 4) is 5.75 Å². The predicted molar refractivity (Wildman–Crippen MR) is 71.5 cm³/mol. The van der Waals surface area contributed by atoms with E-state index >= 15 is 0 Å². The Morgan fingerprint density at radius 3 is 2.94 bits per heavy atom. The van der Waals surface area contributed by atoms with Crippen LogP contribution in [-0.4, -0.2) is 12.6 Å². The number of hydrogen-bond acceptors (Lipinski definition) is 2. The number of para-hydroxylation sites is 1. The number of aryl methyl sites for hydroxylation is 1. The topological polar surface area (TPSA) is 21.3 Å². The van der Waals surface area contributed by atoms with Crippen LogP contribution in [0.2, 0.25) is 0 Å². The van der Waals surface area contributed by atoms with E-state index in [2.05, 4.69) is 24.0 Å². The highest BCUT2D eigenvalue weighted by Crippen LogP contribution is 2.26. The third-order valence-corrected chi connectivity index (χ3v) is 2.93. The van der Waals surface area contributed by atoms with Crippen molar-refractivity contribution < 1.29 is 4.74 Å². The van der Waals surface area contributed by atoms with E-state index in [1.54, 1.807) is 0 Å². The highest BCUT2D eigenvalue weighted by atomic mass is 35.5. The van der Waals surface area contributed by atoms with Gasteiger partial charge in [0.05, 0.1) is 0 Å². The Bertz CT molecular complexity index is 413. The van der Waals surface area contributed by atoms with Gasteiger partial charge in [-0.1, -0.05) is 36.4 Å². The van der Waals surface area contributed by atoms with Gasteiger partial charge in [0.1, 0.15) is 12.4 Å². The molecule has 1 aromatic rings. The maximum atomic E-state index is 5.73. The molecule has 0 bridgehead atoms. The molecule has 0 heterocycles. The van der Waals surface area contributed by atoms with E-state index in [-0.39, 0.29) is 0 Å². The van der Waals surface area contributed by atoms with Crippen molar-refractivity contribution in [2.24, 2.45) is 0 Å². The summed E-state index contributed by atoms with van der Waals surface area (Å²) in [7, 11) is 0. The number of ether oxygens (including phenoxy) is 1. The minimum absolute atomic E-state index is 0.364. The number of hydrogen-bond donors (Lipinski definition) is 1. The maximum Gasteiger partial charge on any atom is 0.127 e. The molecule has 1 fully saturated rings. The molecule has 0 amide bonds.